The van der Waals surface area contributed by atoms with Crippen molar-refractivity contribution in [3.63, 3.8) is 0 Å². The molecule has 0 N–H and O–H groups in total. The average molecular weight is 327 g/mol. The molecule has 0 saturated carbocycles. The van der Waals surface area contributed by atoms with Crippen LogP contribution < -0.4 is 4.74 Å². The number of ether oxygens (including phenoxy) is 2. The van der Waals surface area contributed by atoms with Crippen molar-refractivity contribution < 1.29 is 9.47 Å². The summed E-state index contributed by atoms with van der Waals surface area (Å²) in [5.41, 5.74) is 2.11. The molecular formula is C19H25N3O2. The number of hydrogen-bond donors (Lipinski definition) is 0. The van der Waals surface area contributed by atoms with Gasteiger partial charge in [-0.1, -0.05) is 17.7 Å². The van der Waals surface area contributed by atoms with Crippen molar-refractivity contribution in [2.75, 3.05) is 26.8 Å². The number of nitrogens with zero attached hydrogens (tertiary/aromatic N) is 3. The molecule has 0 bridgehead atoms. The number of likely N-dealkylation sites (tertiary alicyclic amines) is 1. The Bertz CT molecular complexity index is 657. The van der Waals surface area contributed by atoms with Gasteiger partial charge in [0.2, 0.25) is 0 Å². The van der Waals surface area contributed by atoms with E-state index in [1.54, 1.807) is 7.11 Å². The number of methoxy groups -OCH3 is 1. The molecule has 24 heavy (non-hydrogen) atoms. The number of aromatic nitrogens is 2. The lowest BCUT2D eigenvalue weighted by Crippen LogP contribution is -2.41. The fraction of sp³-hybridized carbons (Fsp3) is 0.474. The normalized spacial score (nSPS) is 21.1. The van der Waals surface area contributed by atoms with Gasteiger partial charge in [0.1, 0.15) is 23.8 Å². The summed E-state index contributed by atoms with van der Waals surface area (Å²) < 4.78 is 11.8. The van der Waals surface area contributed by atoms with Crippen LogP contribution >= 0.6 is 0 Å². The monoisotopic (exact) mass is 327 g/mol. The Morgan fingerprint density at radius 1 is 1.12 bits per heavy atom. The van der Waals surface area contributed by atoms with Gasteiger partial charge >= 0.3 is 0 Å². The van der Waals surface area contributed by atoms with Crippen molar-refractivity contribution in [1.82, 2.24) is 14.9 Å². The van der Waals surface area contributed by atoms with E-state index in [1.165, 1.54) is 5.56 Å². The lowest BCUT2D eigenvalue weighted by Gasteiger charge is -2.28. The van der Waals surface area contributed by atoms with Crippen molar-refractivity contribution in [2.24, 2.45) is 0 Å². The Balaban J connectivity index is 1.57. The molecule has 128 valence electrons. The minimum atomic E-state index is -0.254. The van der Waals surface area contributed by atoms with Gasteiger partial charge in [-0.15, -0.1) is 0 Å². The van der Waals surface area contributed by atoms with Crippen LogP contribution in [0.1, 0.15) is 23.4 Å². The zero-order valence-electron chi connectivity index (χ0n) is 14.7. The molecule has 1 fully saturated rings. The molecule has 0 radical (unpaired) electrons. The Morgan fingerprint density at radius 3 is 2.50 bits per heavy atom. The molecule has 3 rings (SSSR count). The van der Waals surface area contributed by atoms with Gasteiger partial charge in [-0.05, 0) is 32.4 Å². The smallest absolute Gasteiger partial charge is 0.125 e. The van der Waals surface area contributed by atoms with E-state index in [-0.39, 0.29) is 5.60 Å². The van der Waals surface area contributed by atoms with Gasteiger partial charge in [0.25, 0.3) is 0 Å². The van der Waals surface area contributed by atoms with Crippen molar-refractivity contribution >= 4 is 0 Å². The van der Waals surface area contributed by atoms with Gasteiger partial charge < -0.3 is 9.47 Å². The Morgan fingerprint density at radius 2 is 1.83 bits per heavy atom. The first kappa shape index (κ1) is 16.9. The highest BCUT2D eigenvalue weighted by Crippen LogP contribution is 2.27. The third-order valence-electron chi connectivity index (χ3n) is 4.59. The summed E-state index contributed by atoms with van der Waals surface area (Å²) in [6, 6.07) is 8.14. The summed E-state index contributed by atoms with van der Waals surface area (Å²) in [6.07, 6.45) is 4.76. The Hall–Kier alpha value is -1.98. The van der Waals surface area contributed by atoms with Gasteiger partial charge in [0.15, 0.2) is 0 Å². The van der Waals surface area contributed by atoms with Crippen LogP contribution in [0.4, 0.5) is 0 Å². The maximum Gasteiger partial charge on any atom is 0.125 e. The van der Waals surface area contributed by atoms with Crippen molar-refractivity contribution in [3.8, 4) is 5.75 Å². The maximum absolute atomic E-state index is 5.98. The molecule has 1 atom stereocenters. The first-order chi connectivity index (χ1) is 11.6. The van der Waals surface area contributed by atoms with Crippen molar-refractivity contribution in [1.29, 1.82) is 0 Å². The molecule has 1 saturated heterocycles. The highest BCUT2D eigenvalue weighted by Gasteiger charge is 2.39. The van der Waals surface area contributed by atoms with E-state index in [0.29, 0.717) is 6.61 Å². The second-order valence-electron chi connectivity index (χ2n) is 6.59. The standard InChI is InChI=1S/C19H25N3O2/c1-15-4-6-18(7-5-15)24-14-19(23-3)8-9-22(13-19)12-17-10-20-16(2)21-11-17/h4-7,10-11H,8-9,12-14H2,1-3H3/t19-/m1/s1. The van der Waals surface area contributed by atoms with Gasteiger partial charge in [-0.25, -0.2) is 9.97 Å². The zero-order chi connectivity index (χ0) is 17.0. The van der Waals surface area contributed by atoms with Gasteiger partial charge in [0, 0.05) is 44.7 Å². The van der Waals surface area contributed by atoms with Gasteiger partial charge in [0.05, 0.1) is 0 Å². The van der Waals surface area contributed by atoms with Crippen LogP contribution in [0.15, 0.2) is 36.7 Å². The lowest BCUT2D eigenvalue weighted by molar-refractivity contribution is -0.0359. The van der Waals surface area contributed by atoms with Crippen LogP contribution in [0, 0.1) is 13.8 Å². The van der Waals surface area contributed by atoms with Crippen LogP contribution in [0.3, 0.4) is 0 Å². The molecule has 1 aromatic heterocycles. The quantitative estimate of drug-likeness (QED) is 0.816. The highest BCUT2D eigenvalue weighted by molar-refractivity contribution is 5.26. The number of rotatable bonds is 6. The van der Waals surface area contributed by atoms with E-state index in [0.717, 1.165) is 43.2 Å². The maximum atomic E-state index is 5.98. The molecule has 0 spiro atoms. The third-order valence-corrected chi connectivity index (χ3v) is 4.59. The summed E-state index contributed by atoms with van der Waals surface area (Å²) >= 11 is 0. The summed E-state index contributed by atoms with van der Waals surface area (Å²) in [4.78, 5) is 10.9. The molecule has 1 aromatic carbocycles. The van der Waals surface area contributed by atoms with E-state index < -0.39 is 0 Å². The van der Waals surface area contributed by atoms with E-state index in [2.05, 4.69) is 33.9 Å². The minimum absolute atomic E-state index is 0.254. The topological polar surface area (TPSA) is 47.5 Å². The van der Waals surface area contributed by atoms with E-state index in [4.69, 9.17) is 9.47 Å². The van der Waals surface area contributed by atoms with Gasteiger partial charge in [-0.3, -0.25) is 4.90 Å². The first-order valence-electron chi connectivity index (χ1n) is 8.33. The lowest BCUT2D eigenvalue weighted by atomic mass is 10.0. The molecule has 5 nitrogen and oxygen atoms in total. The van der Waals surface area contributed by atoms with E-state index in [9.17, 15) is 0 Å². The molecule has 5 heteroatoms. The molecular weight excluding hydrogens is 302 g/mol. The van der Waals surface area contributed by atoms with Crippen LogP contribution in [-0.4, -0.2) is 47.3 Å². The largest absolute Gasteiger partial charge is 0.491 e. The van der Waals surface area contributed by atoms with Crippen LogP contribution in [0.5, 0.6) is 5.75 Å². The molecule has 2 aromatic rings. The predicted molar refractivity (Wildman–Crippen MR) is 93.1 cm³/mol. The number of benzene rings is 1. The SMILES string of the molecule is CO[C@]1(COc2ccc(C)cc2)CCN(Cc2cnc(C)nc2)C1. The fourth-order valence-electron chi connectivity index (χ4n) is 3.01. The minimum Gasteiger partial charge on any atom is -0.491 e. The van der Waals surface area contributed by atoms with Crippen molar-refractivity contribution in [2.45, 2.75) is 32.4 Å². The second kappa shape index (κ2) is 7.28. The highest BCUT2D eigenvalue weighted by atomic mass is 16.5. The third kappa shape index (κ3) is 4.10. The molecule has 0 amide bonds. The zero-order valence-corrected chi connectivity index (χ0v) is 14.7. The van der Waals surface area contributed by atoms with E-state index in [1.807, 2.05) is 31.5 Å². The Labute approximate surface area is 143 Å². The fourth-order valence-corrected chi connectivity index (χ4v) is 3.01. The number of hydrogen-bond acceptors (Lipinski definition) is 5. The van der Waals surface area contributed by atoms with E-state index >= 15 is 0 Å². The van der Waals surface area contributed by atoms with Crippen LogP contribution in [0.25, 0.3) is 0 Å². The summed E-state index contributed by atoms with van der Waals surface area (Å²) in [5, 5.41) is 0. The predicted octanol–water partition coefficient (Wildman–Crippen LogP) is 2.76. The summed E-state index contributed by atoms with van der Waals surface area (Å²) in [5.74, 6) is 1.69. The summed E-state index contributed by atoms with van der Waals surface area (Å²) in [7, 11) is 1.77. The molecule has 0 unspecified atom stereocenters. The molecule has 0 aliphatic carbocycles. The first-order valence-corrected chi connectivity index (χ1v) is 8.33. The number of aryl methyl sites for hydroxylation is 2. The Kier molecular flexibility index (Phi) is 5.11. The molecule has 1 aliphatic rings. The average Bonchev–Trinajstić information content (AvgIpc) is 3.00. The molecule has 2 heterocycles. The van der Waals surface area contributed by atoms with Crippen LogP contribution in [0.2, 0.25) is 0 Å². The van der Waals surface area contributed by atoms with Crippen molar-refractivity contribution in [3.05, 3.63) is 53.6 Å². The van der Waals surface area contributed by atoms with Gasteiger partial charge in [-0.2, -0.15) is 0 Å². The summed E-state index contributed by atoms with van der Waals surface area (Å²) in [6.45, 7) is 7.22. The molecule has 1 aliphatic heterocycles. The second-order valence-corrected chi connectivity index (χ2v) is 6.59. The van der Waals surface area contributed by atoms with Crippen LogP contribution in [-0.2, 0) is 11.3 Å².